The topological polar surface area (TPSA) is 134 Å². The zero-order chi connectivity index (χ0) is 44.0. The Balaban J connectivity index is 1.03. The van der Waals surface area contributed by atoms with E-state index >= 15 is 0 Å². The third-order valence-electron chi connectivity index (χ3n) is 10.5. The molecular formula is C50H68O12. The molecule has 4 rings (SSSR count). The van der Waals surface area contributed by atoms with Crippen molar-refractivity contribution in [2.45, 2.75) is 114 Å². The van der Waals surface area contributed by atoms with Gasteiger partial charge in [-0.05, 0) is 86.8 Å². The highest BCUT2D eigenvalue weighted by Crippen LogP contribution is 2.31. The minimum Gasteiger partial charge on any atom is -0.494 e. The summed E-state index contributed by atoms with van der Waals surface area (Å²) in [6, 6.07) is 15.1. The molecule has 0 spiro atoms. The number of benzene rings is 2. The molecule has 0 saturated carbocycles. The second-order valence-electron chi connectivity index (χ2n) is 15.5. The summed E-state index contributed by atoms with van der Waals surface area (Å²) < 4.78 is 50.5. The predicted molar refractivity (Wildman–Crippen MR) is 239 cm³/mol. The number of rotatable bonds is 33. The highest BCUT2D eigenvalue weighted by atomic mass is 16.7. The SMILES string of the molecule is C=CC(=O)OCCCCCCCCCCOc1ccc(/C=C/C(=O)O[C@@H]2CO[C@@H]3C(OC(=O)/C=C/c4ccc(C(=C)OCCCCCOCCCCCOC)cc4)CO[C@@H]32)cc1. The lowest BCUT2D eigenvalue weighted by atomic mass is 10.1. The van der Waals surface area contributed by atoms with Gasteiger partial charge in [-0.25, -0.2) is 14.4 Å². The fraction of sp³-hybridized carbons (Fsp3) is 0.540. The number of hydrogen-bond donors (Lipinski definition) is 0. The Bertz CT molecular complexity index is 1670. The van der Waals surface area contributed by atoms with E-state index in [1.807, 2.05) is 48.5 Å². The largest absolute Gasteiger partial charge is 0.494 e. The molecule has 0 aromatic heterocycles. The standard InChI is InChI=1S/C50H68O12/c1-4-46(51)58-36-17-10-8-6-5-7-9-16-35-57-43-27-21-41(22-28-43)24-30-48(53)62-45-38-60-49-44(37-59-50(45)49)61-47(52)29-23-40-19-25-42(26-20-40)39(2)56-34-18-12-15-33-55-32-14-11-13-31-54-3/h4,19-30,44-45,49-50H,1-2,5-18,31-38H2,3H3/b29-23+,30-24+/t44?,45-,49-,50-/m1/s1. The van der Waals surface area contributed by atoms with Gasteiger partial charge in [-0.2, -0.15) is 0 Å². The molecule has 0 bridgehead atoms. The number of fused-ring (bicyclic) bond motifs is 1. The molecule has 2 fully saturated rings. The Labute approximate surface area is 368 Å². The van der Waals surface area contributed by atoms with Gasteiger partial charge < -0.3 is 42.6 Å². The third kappa shape index (κ3) is 20.0. The summed E-state index contributed by atoms with van der Waals surface area (Å²) in [6.07, 6.45) is 20.0. The highest BCUT2D eigenvalue weighted by molar-refractivity contribution is 5.88. The molecule has 0 amide bonds. The summed E-state index contributed by atoms with van der Waals surface area (Å²) in [6.45, 7) is 11.8. The van der Waals surface area contributed by atoms with Gasteiger partial charge in [0.2, 0.25) is 0 Å². The van der Waals surface area contributed by atoms with Crippen LogP contribution in [0.25, 0.3) is 17.9 Å². The number of methoxy groups -OCH3 is 1. The van der Waals surface area contributed by atoms with Crippen molar-refractivity contribution in [1.82, 2.24) is 0 Å². The van der Waals surface area contributed by atoms with Crippen molar-refractivity contribution in [1.29, 1.82) is 0 Å². The van der Waals surface area contributed by atoms with Crippen molar-refractivity contribution in [2.75, 3.05) is 60.0 Å². The second-order valence-corrected chi connectivity index (χ2v) is 15.5. The minimum atomic E-state index is -0.618. The molecule has 12 nitrogen and oxygen atoms in total. The molecule has 0 radical (unpaired) electrons. The molecule has 340 valence electrons. The fourth-order valence-corrected chi connectivity index (χ4v) is 6.97. The van der Waals surface area contributed by atoms with Gasteiger partial charge in [-0.3, -0.25) is 0 Å². The van der Waals surface area contributed by atoms with Crippen LogP contribution in [-0.4, -0.2) is 102 Å². The number of ether oxygens (including phenoxy) is 9. The monoisotopic (exact) mass is 860 g/mol. The molecule has 62 heavy (non-hydrogen) atoms. The minimum absolute atomic E-state index is 0.146. The lowest BCUT2D eigenvalue weighted by Crippen LogP contribution is -2.35. The van der Waals surface area contributed by atoms with Crippen molar-refractivity contribution in [2.24, 2.45) is 0 Å². The van der Waals surface area contributed by atoms with Crippen LogP contribution in [0.4, 0.5) is 0 Å². The number of hydrogen-bond acceptors (Lipinski definition) is 12. The summed E-state index contributed by atoms with van der Waals surface area (Å²) in [5, 5.41) is 0. The smallest absolute Gasteiger partial charge is 0.331 e. The Kier molecular flexibility index (Phi) is 24.4. The van der Waals surface area contributed by atoms with E-state index in [1.54, 1.807) is 19.3 Å². The van der Waals surface area contributed by atoms with Crippen molar-refractivity contribution in [3.63, 3.8) is 0 Å². The lowest BCUT2D eigenvalue weighted by Gasteiger charge is -2.16. The predicted octanol–water partition coefficient (Wildman–Crippen LogP) is 9.25. The molecule has 2 heterocycles. The molecule has 12 heteroatoms. The maximum absolute atomic E-state index is 12.7. The molecular weight excluding hydrogens is 793 g/mol. The Morgan fingerprint density at radius 2 is 1.03 bits per heavy atom. The van der Waals surface area contributed by atoms with Gasteiger partial charge >= 0.3 is 17.9 Å². The molecule has 2 aliphatic rings. The first-order valence-corrected chi connectivity index (χ1v) is 22.4. The molecule has 0 N–H and O–H groups in total. The van der Waals surface area contributed by atoms with E-state index in [0.29, 0.717) is 25.6 Å². The maximum atomic E-state index is 12.7. The maximum Gasteiger partial charge on any atom is 0.331 e. The van der Waals surface area contributed by atoms with Crippen LogP contribution >= 0.6 is 0 Å². The van der Waals surface area contributed by atoms with Gasteiger partial charge in [-0.15, -0.1) is 0 Å². The number of carbonyl (C=O) groups is 3. The van der Waals surface area contributed by atoms with Crippen LogP contribution in [0.15, 0.2) is 79.9 Å². The molecule has 2 aliphatic heterocycles. The van der Waals surface area contributed by atoms with Crippen LogP contribution in [0.2, 0.25) is 0 Å². The first-order chi connectivity index (χ1) is 30.4. The van der Waals surface area contributed by atoms with E-state index in [1.165, 1.54) is 37.5 Å². The van der Waals surface area contributed by atoms with Gasteiger partial charge in [-0.1, -0.05) is 88.1 Å². The number of carbonyl (C=O) groups excluding carboxylic acids is 3. The zero-order valence-electron chi connectivity index (χ0n) is 36.7. The van der Waals surface area contributed by atoms with Crippen molar-refractivity contribution in [3.05, 3.63) is 96.6 Å². The molecule has 2 saturated heterocycles. The quantitative estimate of drug-likeness (QED) is 0.0223. The summed E-state index contributed by atoms with van der Waals surface area (Å²) >= 11 is 0. The van der Waals surface area contributed by atoms with Crippen LogP contribution in [-0.2, 0) is 52.3 Å². The third-order valence-corrected chi connectivity index (χ3v) is 10.5. The van der Waals surface area contributed by atoms with Crippen LogP contribution in [0.3, 0.4) is 0 Å². The Morgan fingerprint density at radius 3 is 1.56 bits per heavy atom. The normalized spacial score (nSPS) is 18.1. The lowest BCUT2D eigenvalue weighted by molar-refractivity contribution is -0.149. The van der Waals surface area contributed by atoms with Gasteiger partial charge in [0.05, 0.1) is 33.0 Å². The van der Waals surface area contributed by atoms with E-state index in [9.17, 15) is 14.4 Å². The molecule has 4 atom stereocenters. The van der Waals surface area contributed by atoms with Crippen molar-refractivity contribution >= 4 is 35.8 Å². The molecule has 2 aromatic carbocycles. The summed E-state index contributed by atoms with van der Waals surface area (Å²) in [5.74, 6) is -0.00416. The Morgan fingerprint density at radius 1 is 0.581 bits per heavy atom. The first kappa shape index (κ1) is 49.9. The average molecular weight is 861 g/mol. The van der Waals surface area contributed by atoms with Gasteiger partial charge in [0.15, 0.2) is 12.2 Å². The van der Waals surface area contributed by atoms with Crippen LogP contribution in [0.1, 0.15) is 107 Å². The van der Waals surface area contributed by atoms with E-state index in [0.717, 1.165) is 113 Å². The van der Waals surface area contributed by atoms with Gasteiger partial charge in [0.1, 0.15) is 23.7 Å². The van der Waals surface area contributed by atoms with E-state index in [2.05, 4.69) is 13.2 Å². The van der Waals surface area contributed by atoms with Crippen molar-refractivity contribution < 1.29 is 57.0 Å². The first-order valence-electron chi connectivity index (χ1n) is 22.4. The van der Waals surface area contributed by atoms with E-state index in [4.69, 9.17) is 42.6 Å². The van der Waals surface area contributed by atoms with Crippen LogP contribution < -0.4 is 4.74 Å². The van der Waals surface area contributed by atoms with Gasteiger partial charge in [0, 0.05) is 50.7 Å². The zero-order valence-corrected chi connectivity index (χ0v) is 36.7. The highest BCUT2D eigenvalue weighted by Gasteiger charge is 2.51. The summed E-state index contributed by atoms with van der Waals surface area (Å²) in [7, 11) is 1.73. The van der Waals surface area contributed by atoms with Crippen molar-refractivity contribution in [3.8, 4) is 5.75 Å². The van der Waals surface area contributed by atoms with E-state index in [-0.39, 0.29) is 19.2 Å². The van der Waals surface area contributed by atoms with Crippen LogP contribution in [0.5, 0.6) is 5.75 Å². The van der Waals surface area contributed by atoms with Crippen LogP contribution in [0, 0.1) is 0 Å². The van der Waals surface area contributed by atoms with E-state index < -0.39 is 36.4 Å². The second kappa shape index (κ2) is 30.3. The fourth-order valence-electron chi connectivity index (χ4n) is 6.97. The molecule has 0 aliphatic carbocycles. The average Bonchev–Trinajstić information content (AvgIpc) is 3.88. The number of esters is 3. The molecule has 1 unspecified atom stereocenters. The van der Waals surface area contributed by atoms with Gasteiger partial charge in [0.25, 0.3) is 0 Å². The Hall–Kier alpha value is -4.75. The summed E-state index contributed by atoms with van der Waals surface area (Å²) in [4.78, 5) is 36.4. The number of unbranched alkanes of at least 4 members (excludes halogenated alkanes) is 11. The summed E-state index contributed by atoms with van der Waals surface area (Å²) in [5.41, 5.74) is 2.53. The molecule has 2 aromatic rings.